The fraction of sp³-hybridized carbons (Fsp3) is 0.391. The van der Waals surface area contributed by atoms with Gasteiger partial charge in [0.2, 0.25) is 11.8 Å². The maximum absolute atomic E-state index is 12.5. The quantitative estimate of drug-likeness (QED) is 0.801. The number of para-hydroxylation sites is 1. The van der Waals surface area contributed by atoms with E-state index < -0.39 is 0 Å². The van der Waals surface area contributed by atoms with Crippen LogP contribution in [0.5, 0.6) is 5.75 Å². The summed E-state index contributed by atoms with van der Waals surface area (Å²) in [5.74, 6) is 0.309. The van der Waals surface area contributed by atoms with Gasteiger partial charge in [0.05, 0.1) is 12.8 Å². The van der Waals surface area contributed by atoms with E-state index in [1.54, 1.807) is 7.11 Å². The van der Waals surface area contributed by atoms with Gasteiger partial charge in [0.15, 0.2) is 0 Å². The van der Waals surface area contributed by atoms with Crippen molar-refractivity contribution in [2.45, 2.75) is 45.4 Å². The van der Waals surface area contributed by atoms with E-state index in [9.17, 15) is 9.59 Å². The molecule has 1 atom stereocenters. The molecule has 148 valence electrons. The summed E-state index contributed by atoms with van der Waals surface area (Å²) in [7, 11) is 1.59. The second-order valence-electron chi connectivity index (χ2n) is 8.30. The molecule has 0 saturated carbocycles. The maximum atomic E-state index is 12.5. The number of hydrogen-bond acceptors (Lipinski definition) is 3. The third-order valence-electron chi connectivity index (χ3n) is 5.17. The van der Waals surface area contributed by atoms with Crippen molar-refractivity contribution in [3.63, 3.8) is 0 Å². The molecular weight excluding hydrogens is 352 g/mol. The molecule has 0 saturated heterocycles. The van der Waals surface area contributed by atoms with Gasteiger partial charge in [-0.3, -0.25) is 9.59 Å². The molecule has 0 aliphatic carbocycles. The van der Waals surface area contributed by atoms with E-state index in [1.807, 2.05) is 42.5 Å². The molecule has 5 nitrogen and oxygen atoms in total. The second-order valence-corrected chi connectivity index (χ2v) is 8.30. The number of fused-ring (bicyclic) bond motifs is 1. The monoisotopic (exact) mass is 380 g/mol. The van der Waals surface area contributed by atoms with Gasteiger partial charge in [-0.05, 0) is 47.6 Å². The van der Waals surface area contributed by atoms with E-state index in [-0.39, 0.29) is 29.6 Å². The topological polar surface area (TPSA) is 67.4 Å². The number of methoxy groups -OCH3 is 1. The van der Waals surface area contributed by atoms with Crippen molar-refractivity contribution in [1.29, 1.82) is 0 Å². The highest BCUT2D eigenvalue weighted by molar-refractivity contribution is 5.97. The van der Waals surface area contributed by atoms with Gasteiger partial charge in [-0.2, -0.15) is 0 Å². The van der Waals surface area contributed by atoms with Crippen LogP contribution in [0, 0.1) is 5.92 Å². The summed E-state index contributed by atoms with van der Waals surface area (Å²) < 4.78 is 5.39. The van der Waals surface area contributed by atoms with Crippen molar-refractivity contribution in [2.75, 3.05) is 17.7 Å². The molecule has 28 heavy (non-hydrogen) atoms. The average molecular weight is 380 g/mol. The number of hydrogen-bond donors (Lipinski definition) is 2. The summed E-state index contributed by atoms with van der Waals surface area (Å²) in [6, 6.07) is 13.6. The first kappa shape index (κ1) is 19.9. The molecule has 0 fully saturated rings. The lowest BCUT2D eigenvalue weighted by molar-refractivity contribution is -0.121. The maximum Gasteiger partial charge on any atom is 0.227 e. The first-order valence-corrected chi connectivity index (χ1v) is 9.65. The minimum Gasteiger partial charge on any atom is -0.495 e. The van der Waals surface area contributed by atoms with Gasteiger partial charge in [-0.25, -0.2) is 0 Å². The first-order chi connectivity index (χ1) is 13.3. The summed E-state index contributed by atoms with van der Waals surface area (Å²) >= 11 is 0. The SMILES string of the molecule is COc1ccc(C(C)(C)C)cc1NC(=O)CCC1Cc2ccccc2NC1=O. The third kappa shape index (κ3) is 4.53. The molecule has 3 rings (SSSR count). The summed E-state index contributed by atoms with van der Waals surface area (Å²) in [6.07, 6.45) is 1.45. The van der Waals surface area contributed by atoms with E-state index in [2.05, 4.69) is 31.4 Å². The smallest absolute Gasteiger partial charge is 0.227 e. The molecule has 2 N–H and O–H groups in total. The largest absolute Gasteiger partial charge is 0.495 e. The first-order valence-electron chi connectivity index (χ1n) is 9.65. The molecule has 1 aliphatic heterocycles. The highest BCUT2D eigenvalue weighted by Crippen LogP contribution is 2.32. The van der Waals surface area contributed by atoms with Crippen LogP contribution in [0.3, 0.4) is 0 Å². The van der Waals surface area contributed by atoms with Crippen LogP contribution in [-0.4, -0.2) is 18.9 Å². The van der Waals surface area contributed by atoms with Crippen molar-refractivity contribution >= 4 is 23.2 Å². The number of carbonyl (C=O) groups is 2. The van der Waals surface area contributed by atoms with Crippen LogP contribution >= 0.6 is 0 Å². The van der Waals surface area contributed by atoms with Gasteiger partial charge in [0.25, 0.3) is 0 Å². The Morgan fingerprint density at radius 1 is 1.21 bits per heavy atom. The molecule has 0 spiro atoms. The van der Waals surface area contributed by atoms with Crippen molar-refractivity contribution in [1.82, 2.24) is 0 Å². The van der Waals surface area contributed by atoms with Crippen LogP contribution in [0.25, 0.3) is 0 Å². The predicted octanol–water partition coefficient (Wildman–Crippen LogP) is 4.52. The van der Waals surface area contributed by atoms with E-state index >= 15 is 0 Å². The van der Waals surface area contributed by atoms with Crippen LogP contribution in [0.1, 0.15) is 44.7 Å². The van der Waals surface area contributed by atoms with E-state index in [0.717, 1.165) is 16.8 Å². The van der Waals surface area contributed by atoms with E-state index in [0.29, 0.717) is 24.3 Å². The zero-order chi connectivity index (χ0) is 20.3. The van der Waals surface area contributed by atoms with Crippen LogP contribution in [0.15, 0.2) is 42.5 Å². The van der Waals surface area contributed by atoms with Crippen molar-refractivity contribution in [3.8, 4) is 5.75 Å². The Kier molecular flexibility index (Phi) is 5.73. The molecule has 2 aromatic rings. The number of nitrogens with one attached hydrogen (secondary N) is 2. The zero-order valence-electron chi connectivity index (χ0n) is 17.0. The lowest BCUT2D eigenvalue weighted by atomic mass is 9.86. The zero-order valence-corrected chi connectivity index (χ0v) is 17.0. The molecule has 5 heteroatoms. The van der Waals surface area contributed by atoms with Crippen LogP contribution in [0.4, 0.5) is 11.4 Å². The molecule has 2 aromatic carbocycles. The normalized spacial score (nSPS) is 16.1. The van der Waals surface area contributed by atoms with Gasteiger partial charge < -0.3 is 15.4 Å². The van der Waals surface area contributed by atoms with E-state index in [1.165, 1.54) is 0 Å². The number of carbonyl (C=O) groups excluding carboxylic acids is 2. The molecule has 0 radical (unpaired) electrons. The van der Waals surface area contributed by atoms with Gasteiger partial charge in [-0.15, -0.1) is 0 Å². The molecule has 1 aliphatic rings. The van der Waals surface area contributed by atoms with Gasteiger partial charge in [-0.1, -0.05) is 45.0 Å². The molecular formula is C23H28N2O3. The number of anilines is 2. The molecule has 1 heterocycles. The average Bonchev–Trinajstić information content (AvgIpc) is 2.65. The Hall–Kier alpha value is -2.82. The summed E-state index contributed by atoms with van der Waals surface area (Å²) in [5, 5.41) is 5.89. The van der Waals surface area contributed by atoms with Crippen LogP contribution in [-0.2, 0) is 21.4 Å². The minimum absolute atomic E-state index is 0.0150. The van der Waals surface area contributed by atoms with Crippen molar-refractivity contribution in [2.24, 2.45) is 5.92 Å². The lowest BCUT2D eigenvalue weighted by Crippen LogP contribution is -2.30. The third-order valence-corrected chi connectivity index (χ3v) is 5.17. The fourth-order valence-corrected chi connectivity index (χ4v) is 3.44. The van der Waals surface area contributed by atoms with Gasteiger partial charge in [0.1, 0.15) is 5.75 Å². The van der Waals surface area contributed by atoms with E-state index in [4.69, 9.17) is 4.74 Å². The van der Waals surface area contributed by atoms with Crippen molar-refractivity contribution in [3.05, 3.63) is 53.6 Å². The highest BCUT2D eigenvalue weighted by atomic mass is 16.5. The second kappa shape index (κ2) is 8.05. The lowest BCUT2D eigenvalue weighted by Gasteiger charge is -2.24. The predicted molar refractivity (Wildman–Crippen MR) is 112 cm³/mol. The van der Waals surface area contributed by atoms with Crippen LogP contribution in [0.2, 0.25) is 0 Å². The highest BCUT2D eigenvalue weighted by Gasteiger charge is 2.26. The Morgan fingerprint density at radius 2 is 1.96 bits per heavy atom. The summed E-state index contributed by atoms with van der Waals surface area (Å²) in [5.41, 5.74) is 3.74. The Morgan fingerprint density at radius 3 is 2.68 bits per heavy atom. The van der Waals surface area contributed by atoms with Gasteiger partial charge >= 0.3 is 0 Å². The summed E-state index contributed by atoms with van der Waals surface area (Å²) in [4.78, 5) is 24.9. The minimum atomic E-state index is -0.191. The Labute approximate surface area is 166 Å². The van der Waals surface area contributed by atoms with Crippen molar-refractivity contribution < 1.29 is 14.3 Å². The standard InChI is InChI=1S/C23H28N2O3/c1-23(2,3)17-10-11-20(28-4)19(14-17)24-21(26)12-9-16-13-15-7-5-6-8-18(15)25-22(16)27/h5-8,10-11,14,16H,9,12-13H2,1-4H3,(H,24,26)(H,25,27). The Bertz CT molecular complexity index is 884. The molecule has 2 amide bonds. The number of ether oxygens (including phenoxy) is 1. The Balaban J connectivity index is 1.64. The molecule has 1 unspecified atom stereocenters. The molecule has 0 aromatic heterocycles. The number of rotatable bonds is 5. The number of benzene rings is 2. The van der Waals surface area contributed by atoms with Gasteiger partial charge in [0, 0.05) is 18.0 Å². The molecule has 0 bridgehead atoms. The fourth-order valence-electron chi connectivity index (χ4n) is 3.44. The summed E-state index contributed by atoms with van der Waals surface area (Å²) in [6.45, 7) is 6.37. The van der Waals surface area contributed by atoms with Crippen LogP contribution < -0.4 is 15.4 Å². The number of amides is 2.